The first-order chi connectivity index (χ1) is 13.9. The summed E-state index contributed by atoms with van der Waals surface area (Å²) in [6, 6.07) is 11.9. The number of aromatic nitrogens is 3. The van der Waals surface area contributed by atoms with Crippen LogP contribution in [0.2, 0.25) is 0 Å². The van der Waals surface area contributed by atoms with Crippen LogP contribution in [0.3, 0.4) is 0 Å². The zero-order valence-electron chi connectivity index (χ0n) is 15.5. The monoisotopic (exact) mass is 412 g/mol. The largest absolute Gasteiger partial charge is 0.478 e. The minimum atomic E-state index is -3.59. The van der Waals surface area contributed by atoms with E-state index in [-0.39, 0.29) is 10.8 Å². The van der Waals surface area contributed by atoms with E-state index < -0.39 is 16.0 Å². The third-order valence-corrected chi connectivity index (χ3v) is 7.01. The third-order valence-electron chi connectivity index (χ3n) is 5.10. The van der Waals surface area contributed by atoms with E-state index in [0.717, 1.165) is 17.5 Å². The zero-order valence-corrected chi connectivity index (χ0v) is 16.4. The van der Waals surface area contributed by atoms with Gasteiger partial charge in [-0.15, -0.1) is 10.2 Å². The molecule has 4 rings (SSSR count). The number of carboxylic acids is 1. The number of aliphatic carboxylic acids is 1. The Balaban J connectivity index is 1.46. The highest BCUT2D eigenvalue weighted by molar-refractivity contribution is 7.89. The molecule has 3 heterocycles. The molecule has 29 heavy (non-hydrogen) atoms. The van der Waals surface area contributed by atoms with E-state index in [1.54, 1.807) is 12.1 Å². The molecule has 0 atom stereocenters. The lowest BCUT2D eigenvalue weighted by molar-refractivity contribution is -0.131. The van der Waals surface area contributed by atoms with Crippen LogP contribution < -0.4 is 0 Å². The average molecular weight is 412 g/mol. The van der Waals surface area contributed by atoms with E-state index in [1.165, 1.54) is 22.5 Å². The summed E-state index contributed by atoms with van der Waals surface area (Å²) in [4.78, 5) is 10.8. The maximum absolute atomic E-state index is 13.0. The number of sulfonamides is 1. The van der Waals surface area contributed by atoms with E-state index in [9.17, 15) is 13.2 Å². The van der Waals surface area contributed by atoms with Gasteiger partial charge in [0.2, 0.25) is 10.0 Å². The minimum absolute atomic E-state index is 0.155. The highest BCUT2D eigenvalue weighted by Crippen LogP contribution is 2.30. The normalized spacial score (nSPS) is 16.6. The highest BCUT2D eigenvalue weighted by Gasteiger charge is 2.31. The lowest BCUT2D eigenvalue weighted by Crippen LogP contribution is -2.38. The first kappa shape index (κ1) is 19.3. The molecule has 1 saturated heterocycles. The second-order valence-electron chi connectivity index (χ2n) is 6.91. The van der Waals surface area contributed by atoms with Crippen molar-refractivity contribution in [1.29, 1.82) is 0 Å². The van der Waals surface area contributed by atoms with Gasteiger partial charge in [0.1, 0.15) is 5.82 Å². The Morgan fingerprint density at radius 3 is 2.48 bits per heavy atom. The number of rotatable bonds is 5. The van der Waals surface area contributed by atoms with Crippen molar-refractivity contribution in [2.45, 2.75) is 23.7 Å². The van der Waals surface area contributed by atoms with E-state index in [0.29, 0.717) is 31.5 Å². The van der Waals surface area contributed by atoms with Crippen LogP contribution in [0.1, 0.15) is 30.1 Å². The van der Waals surface area contributed by atoms with Gasteiger partial charge in [0, 0.05) is 31.3 Å². The molecule has 8 nitrogen and oxygen atoms in total. The van der Waals surface area contributed by atoms with Crippen molar-refractivity contribution in [3.05, 3.63) is 66.1 Å². The molecule has 0 aliphatic carbocycles. The fraction of sp³-hybridized carbons (Fsp3) is 0.250. The second kappa shape index (κ2) is 7.76. The number of benzene rings is 1. The molecule has 0 bridgehead atoms. The summed E-state index contributed by atoms with van der Waals surface area (Å²) in [5.74, 6) is -0.0281. The van der Waals surface area contributed by atoms with Crippen LogP contribution in [0.25, 0.3) is 11.7 Å². The fourth-order valence-electron chi connectivity index (χ4n) is 3.56. The summed E-state index contributed by atoms with van der Waals surface area (Å²) in [5.41, 5.74) is 1.42. The summed E-state index contributed by atoms with van der Waals surface area (Å²) < 4.78 is 29.4. The first-order valence-electron chi connectivity index (χ1n) is 9.26. The van der Waals surface area contributed by atoms with E-state index >= 15 is 0 Å². The lowest BCUT2D eigenvalue weighted by atomic mass is 9.97. The van der Waals surface area contributed by atoms with E-state index in [4.69, 9.17) is 5.11 Å². The summed E-state index contributed by atoms with van der Waals surface area (Å²) in [5, 5.41) is 17.2. The second-order valence-corrected chi connectivity index (χ2v) is 8.84. The first-order valence-corrected chi connectivity index (χ1v) is 10.7. The van der Waals surface area contributed by atoms with Crippen molar-refractivity contribution >= 4 is 27.7 Å². The molecule has 1 N–H and O–H groups in total. The summed E-state index contributed by atoms with van der Waals surface area (Å²) in [6.45, 7) is 0.824. The van der Waals surface area contributed by atoms with Crippen molar-refractivity contribution in [1.82, 2.24) is 18.9 Å². The summed E-state index contributed by atoms with van der Waals surface area (Å²) in [6.07, 6.45) is 5.71. The lowest BCUT2D eigenvalue weighted by Gasteiger charge is -2.30. The van der Waals surface area contributed by atoms with Crippen LogP contribution in [-0.2, 0) is 14.8 Å². The molecule has 0 spiro atoms. The molecule has 0 radical (unpaired) electrons. The Morgan fingerprint density at radius 1 is 1.07 bits per heavy atom. The number of fused-ring (bicyclic) bond motifs is 1. The van der Waals surface area contributed by atoms with Gasteiger partial charge in [-0.3, -0.25) is 4.40 Å². The van der Waals surface area contributed by atoms with Crippen LogP contribution in [0.4, 0.5) is 0 Å². The molecular weight excluding hydrogens is 392 g/mol. The van der Waals surface area contributed by atoms with Gasteiger partial charge in [-0.05, 0) is 48.7 Å². The predicted molar refractivity (Wildman–Crippen MR) is 107 cm³/mol. The number of carboxylic acid groups (broad SMARTS) is 1. The summed E-state index contributed by atoms with van der Waals surface area (Å²) in [7, 11) is -3.59. The Morgan fingerprint density at radius 2 is 1.79 bits per heavy atom. The molecule has 0 unspecified atom stereocenters. The van der Waals surface area contributed by atoms with Crippen molar-refractivity contribution < 1.29 is 18.3 Å². The van der Waals surface area contributed by atoms with Crippen molar-refractivity contribution in [3.63, 3.8) is 0 Å². The van der Waals surface area contributed by atoms with E-state index in [2.05, 4.69) is 10.2 Å². The predicted octanol–water partition coefficient (Wildman–Crippen LogP) is 2.40. The molecule has 1 aromatic carbocycles. The van der Waals surface area contributed by atoms with Crippen molar-refractivity contribution in [2.75, 3.05) is 13.1 Å². The zero-order chi connectivity index (χ0) is 20.4. The maximum atomic E-state index is 13.0. The molecule has 1 aliphatic rings. The molecule has 3 aromatic rings. The molecular formula is C20H20N4O4S. The number of pyridine rings is 1. The van der Waals surface area contributed by atoms with Crippen molar-refractivity contribution in [3.8, 4) is 0 Å². The molecule has 1 fully saturated rings. The Hall–Kier alpha value is -3.04. The molecule has 150 valence electrons. The standard InChI is InChI=1S/C20H20N4O4S/c25-19(26)9-6-15-4-7-17(8-5-15)29(27,28)23-13-10-16(11-14-23)20-22-21-18-3-1-2-12-24(18)20/h1-9,12,16H,10-11,13-14H2,(H,25,26). The summed E-state index contributed by atoms with van der Waals surface area (Å²) >= 11 is 0. The number of hydrogen-bond acceptors (Lipinski definition) is 5. The van der Waals surface area contributed by atoms with Crippen molar-refractivity contribution in [2.24, 2.45) is 0 Å². The quantitative estimate of drug-likeness (QED) is 0.645. The number of carbonyl (C=O) groups is 1. The van der Waals surface area contributed by atoms with Gasteiger partial charge < -0.3 is 5.11 Å². The Labute approximate surface area is 168 Å². The number of nitrogens with zero attached hydrogens (tertiary/aromatic N) is 4. The van der Waals surface area contributed by atoms with Gasteiger partial charge in [0.15, 0.2) is 5.65 Å². The Bertz CT molecular complexity index is 1160. The number of piperidine rings is 1. The molecule has 9 heteroatoms. The fourth-order valence-corrected chi connectivity index (χ4v) is 5.03. The topological polar surface area (TPSA) is 105 Å². The van der Waals surface area contributed by atoms with Gasteiger partial charge in [0.05, 0.1) is 4.90 Å². The minimum Gasteiger partial charge on any atom is -0.478 e. The van der Waals surface area contributed by atoms with Crippen LogP contribution in [-0.4, -0.2) is 51.5 Å². The smallest absolute Gasteiger partial charge is 0.328 e. The molecule has 1 aliphatic heterocycles. The number of hydrogen-bond donors (Lipinski definition) is 1. The molecule has 2 aromatic heterocycles. The van der Waals surface area contributed by atoms with Crippen LogP contribution in [0.5, 0.6) is 0 Å². The third kappa shape index (κ3) is 3.92. The van der Waals surface area contributed by atoms with E-state index in [1.807, 2.05) is 28.8 Å². The molecule has 0 amide bonds. The molecule has 0 saturated carbocycles. The highest BCUT2D eigenvalue weighted by atomic mass is 32.2. The van der Waals surface area contributed by atoms with Gasteiger partial charge in [0.25, 0.3) is 0 Å². The van der Waals surface area contributed by atoms with Crippen LogP contribution in [0.15, 0.2) is 59.6 Å². The van der Waals surface area contributed by atoms with Gasteiger partial charge in [-0.25, -0.2) is 13.2 Å². The maximum Gasteiger partial charge on any atom is 0.328 e. The van der Waals surface area contributed by atoms with Crippen LogP contribution in [0, 0.1) is 0 Å². The SMILES string of the molecule is O=C(O)C=Cc1ccc(S(=O)(=O)N2CCC(c3nnc4ccccn34)CC2)cc1. The average Bonchev–Trinajstić information content (AvgIpc) is 3.17. The van der Waals surface area contributed by atoms with Gasteiger partial charge in [-0.2, -0.15) is 4.31 Å². The van der Waals surface area contributed by atoms with Crippen LogP contribution >= 0.6 is 0 Å². The Kier molecular flexibility index (Phi) is 5.16. The van der Waals surface area contributed by atoms with Gasteiger partial charge >= 0.3 is 5.97 Å². The van der Waals surface area contributed by atoms with Gasteiger partial charge in [-0.1, -0.05) is 18.2 Å².